The molecule has 0 aliphatic heterocycles. The van der Waals surface area contributed by atoms with E-state index in [9.17, 15) is 4.79 Å². The molecule has 0 spiro atoms. The second-order valence-electron chi connectivity index (χ2n) is 3.48. The van der Waals surface area contributed by atoms with Crippen LogP contribution in [0.5, 0.6) is 0 Å². The Kier molecular flexibility index (Phi) is 3.02. The highest BCUT2D eigenvalue weighted by Crippen LogP contribution is 2.42. The van der Waals surface area contributed by atoms with E-state index in [0.717, 1.165) is 17.8 Å². The Morgan fingerprint density at radius 3 is 2.93 bits per heavy atom. The average Bonchev–Trinajstić information content (AvgIpc) is 2.98. The third kappa shape index (κ3) is 2.18. The van der Waals surface area contributed by atoms with Gasteiger partial charge in [0.1, 0.15) is 4.88 Å². The molecule has 0 radical (unpaired) electrons. The van der Waals surface area contributed by atoms with Crippen LogP contribution in [0, 0.1) is 0 Å². The summed E-state index contributed by atoms with van der Waals surface area (Å²) in [6.45, 7) is 1.91. The van der Waals surface area contributed by atoms with Gasteiger partial charge in [0.15, 0.2) is 0 Å². The van der Waals surface area contributed by atoms with Crippen molar-refractivity contribution < 1.29 is 14.6 Å². The van der Waals surface area contributed by atoms with Crippen molar-refractivity contribution in [2.45, 2.75) is 32.3 Å². The van der Waals surface area contributed by atoms with Crippen molar-refractivity contribution in [2.75, 3.05) is 6.61 Å². The van der Waals surface area contributed by atoms with Gasteiger partial charge in [-0.25, -0.2) is 9.78 Å². The lowest BCUT2D eigenvalue weighted by molar-refractivity contribution is 0.0528. The smallest absolute Gasteiger partial charge is 0.350 e. The molecule has 82 valence electrons. The monoisotopic (exact) mass is 227 g/mol. The minimum Gasteiger partial charge on any atom is -0.462 e. The van der Waals surface area contributed by atoms with E-state index in [1.807, 2.05) is 0 Å². The van der Waals surface area contributed by atoms with Gasteiger partial charge in [0.25, 0.3) is 0 Å². The maximum absolute atomic E-state index is 11.5. The van der Waals surface area contributed by atoms with Crippen LogP contribution in [0.4, 0.5) is 0 Å². The zero-order valence-corrected chi connectivity index (χ0v) is 9.34. The lowest BCUT2D eigenvalue weighted by Crippen LogP contribution is -2.05. The van der Waals surface area contributed by atoms with Crippen molar-refractivity contribution in [3.63, 3.8) is 0 Å². The number of carbonyl (C=O) groups is 1. The zero-order chi connectivity index (χ0) is 10.8. The topological polar surface area (TPSA) is 59.4 Å². The highest BCUT2D eigenvalue weighted by molar-refractivity contribution is 7.13. The van der Waals surface area contributed by atoms with Crippen LogP contribution in [-0.4, -0.2) is 22.7 Å². The van der Waals surface area contributed by atoms with E-state index in [1.165, 1.54) is 11.3 Å². The first kappa shape index (κ1) is 10.6. The molecule has 1 aromatic heterocycles. The molecule has 15 heavy (non-hydrogen) atoms. The van der Waals surface area contributed by atoms with Gasteiger partial charge in [-0.1, -0.05) is 0 Å². The van der Waals surface area contributed by atoms with Crippen molar-refractivity contribution in [1.29, 1.82) is 0 Å². The van der Waals surface area contributed by atoms with Gasteiger partial charge in [0.2, 0.25) is 0 Å². The fourth-order valence-corrected chi connectivity index (χ4v) is 2.48. The Morgan fingerprint density at radius 2 is 2.40 bits per heavy atom. The predicted octanol–water partition coefficient (Wildman–Crippen LogP) is 1.69. The Labute approximate surface area is 91.9 Å². The van der Waals surface area contributed by atoms with Crippen LogP contribution < -0.4 is 0 Å². The summed E-state index contributed by atoms with van der Waals surface area (Å²) < 4.78 is 4.90. The van der Waals surface area contributed by atoms with Crippen LogP contribution in [0.25, 0.3) is 0 Å². The molecule has 1 heterocycles. The van der Waals surface area contributed by atoms with Crippen LogP contribution in [-0.2, 0) is 11.3 Å². The molecule has 4 nitrogen and oxygen atoms in total. The van der Waals surface area contributed by atoms with Gasteiger partial charge in [-0.3, -0.25) is 0 Å². The van der Waals surface area contributed by atoms with Crippen LogP contribution in [0.3, 0.4) is 0 Å². The number of carbonyl (C=O) groups excluding carboxylic acids is 1. The summed E-state index contributed by atoms with van der Waals surface area (Å²) in [6, 6.07) is 0. The second-order valence-corrected chi connectivity index (χ2v) is 4.51. The first-order chi connectivity index (χ1) is 7.26. The lowest BCUT2D eigenvalue weighted by atomic mass is 10.3. The van der Waals surface area contributed by atoms with Crippen molar-refractivity contribution in [2.24, 2.45) is 0 Å². The molecule has 0 bridgehead atoms. The highest BCUT2D eigenvalue weighted by atomic mass is 32.1. The number of ether oxygens (including phenoxy) is 1. The number of aliphatic hydroxyl groups excluding tert-OH is 1. The van der Waals surface area contributed by atoms with Gasteiger partial charge in [-0.2, -0.15) is 0 Å². The normalized spacial score (nSPS) is 15.3. The van der Waals surface area contributed by atoms with Crippen LogP contribution in [0.2, 0.25) is 0 Å². The molecule has 1 aliphatic rings. The third-order valence-corrected chi connectivity index (χ3v) is 3.49. The van der Waals surface area contributed by atoms with E-state index in [0.29, 0.717) is 23.1 Å². The van der Waals surface area contributed by atoms with E-state index < -0.39 is 0 Å². The molecule has 1 fully saturated rings. The molecule has 1 aliphatic carbocycles. The van der Waals surface area contributed by atoms with Crippen molar-refractivity contribution >= 4 is 17.3 Å². The van der Waals surface area contributed by atoms with Crippen LogP contribution in [0.1, 0.15) is 46.1 Å². The van der Waals surface area contributed by atoms with E-state index in [2.05, 4.69) is 4.98 Å². The van der Waals surface area contributed by atoms with Crippen molar-refractivity contribution in [3.05, 3.63) is 15.6 Å². The number of aliphatic hydroxyl groups is 1. The fourth-order valence-electron chi connectivity index (χ4n) is 1.34. The summed E-state index contributed by atoms with van der Waals surface area (Å²) in [5, 5.41) is 10.0. The summed E-state index contributed by atoms with van der Waals surface area (Å²) in [5.41, 5.74) is 0.459. The minimum atomic E-state index is -0.369. The van der Waals surface area contributed by atoms with E-state index in [4.69, 9.17) is 9.84 Å². The number of hydrogen-bond acceptors (Lipinski definition) is 5. The molecule has 0 amide bonds. The maximum atomic E-state index is 11.5. The maximum Gasteiger partial charge on any atom is 0.350 e. The number of rotatable bonds is 4. The summed E-state index contributed by atoms with van der Waals surface area (Å²) in [6.07, 6.45) is 2.28. The van der Waals surface area contributed by atoms with Gasteiger partial charge in [0.05, 0.1) is 23.9 Å². The quantitative estimate of drug-likeness (QED) is 0.795. The molecule has 0 aromatic carbocycles. The Bertz CT molecular complexity index is 371. The Hall–Kier alpha value is -0.940. The molecule has 0 saturated heterocycles. The molecule has 2 rings (SSSR count). The van der Waals surface area contributed by atoms with Crippen molar-refractivity contribution in [3.8, 4) is 0 Å². The summed E-state index contributed by atoms with van der Waals surface area (Å²) >= 11 is 1.36. The van der Waals surface area contributed by atoms with Crippen LogP contribution >= 0.6 is 11.3 Å². The van der Waals surface area contributed by atoms with Gasteiger partial charge in [0, 0.05) is 5.92 Å². The molecule has 5 heteroatoms. The SMILES string of the molecule is CCOC(=O)c1sc(C2CC2)nc1CO. The molecular weight excluding hydrogens is 214 g/mol. The van der Waals surface area contributed by atoms with Crippen molar-refractivity contribution in [1.82, 2.24) is 4.98 Å². The van der Waals surface area contributed by atoms with Gasteiger partial charge < -0.3 is 9.84 Å². The molecule has 1 aromatic rings. The summed E-state index contributed by atoms with van der Waals surface area (Å²) in [4.78, 5) is 16.2. The van der Waals surface area contributed by atoms with Crippen LogP contribution in [0.15, 0.2) is 0 Å². The first-order valence-corrected chi connectivity index (χ1v) is 5.85. The molecule has 1 saturated carbocycles. The number of esters is 1. The molecule has 0 unspecified atom stereocenters. The van der Waals surface area contributed by atoms with E-state index in [1.54, 1.807) is 6.92 Å². The third-order valence-electron chi connectivity index (χ3n) is 2.25. The highest BCUT2D eigenvalue weighted by Gasteiger charge is 2.29. The standard InChI is InChI=1S/C10H13NO3S/c1-2-14-10(13)8-7(5-12)11-9(15-8)6-3-4-6/h6,12H,2-5H2,1H3. The average molecular weight is 227 g/mol. The summed E-state index contributed by atoms with van der Waals surface area (Å²) in [5.74, 6) is 0.134. The molecule has 0 atom stereocenters. The summed E-state index contributed by atoms with van der Waals surface area (Å²) in [7, 11) is 0. The molecular formula is C10H13NO3S. The number of aromatic nitrogens is 1. The fraction of sp³-hybridized carbons (Fsp3) is 0.600. The van der Waals surface area contributed by atoms with Gasteiger partial charge in [-0.15, -0.1) is 11.3 Å². The van der Waals surface area contributed by atoms with E-state index >= 15 is 0 Å². The lowest BCUT2D eigenvalue weighted by Gasteiger charge is -1.98. The van der Waals surface area contributed by atoms with Gasteiger partial charge in [-0.05, 0) is 19.8 Å². The van der Waals surface area contributed by atoms with Gasteiger partial charge >= 0.3 is 5.97 Å². The van der Waals surface area contributed by atoms with E-state index in [-0.39, 0.29) is 12.6 Å². The Balaban J connectivity index is 2.23. The minimum absolute atomic E-state index is 0.197. The molecule has 1 N–H and O–H groups in total. The number of thiazole rings is 1. The first-order valence-electron chi connectivity index (χ1n) is 5.03. The number of nitrogens with zero attached hydrogens (tertiary/aromatic N) is 1. The Morgan fingerprint density at radius 1 is 1.67 bits per heavy atom. The zero-order valence-electron chi connectivity index (χ0n) is 8.52. The largest absolute Gasteiger partial charge is 0.462 e. The second kappa shape index (κ2) is 4.28. The number of hydrogen-bond donors (Lipinski definition) is 1. The predicted molar refractivity (Wildman–Crippen MR) is 56.0 cm³/mol.